The van der Waals surface area contributed by atoms with E-state index in [1.54, 1.807) is 12.4 Å². The Balaban J connectivity index is 1.99. The molecule has 0 aliphatic heterocycles. The van der Waals surface area contributed by atoms with Gasteiger partial charge in [-0.05, 0) is 25.7 Å². The van der Waals surface area contributed by atoms with Crippen LogP contribution in [0.5, 0.6) is 0 Å². The molecule has 0 atom stereocenters. The van der Waals surface area contributed by atoms with Crippen molar-refractivity contribution < 1.29 is 15.0 Å². The first-order chi connectivity index (χ1) is 7.65. The van der Waals surface area contributed by atoms with E-state index >= 15 is 0 Å². The molecule has 0 unspecified atom stereocenters. The minimum Gasteiger partial charge on any atom is -0.481 e. The van der Waals surface area contributed by atoms with E-state index in [0.29, 0.717) is 6.04 Å². The van der Waals surface area contributed by atoms with E-state index in [1.807, 2.05) is 4.68 Å². The third kappa shape index (κ3) is 2.61. The average Bonchev–Trinajstić information content (AvgIpc) is 2.66. The highest BCUT2D eigenvalue weighted by Crippen LogP contribution is 2.27. The summed E-state index contributed by atoms with van der Waals surface area (Å²) in [6, 6.07) is 0.311. The molecule has 1 aliphatic carbocycles. The van der Waals surface area contributed by atoms with Crippen LogP contribution < -0.4 is 0 Å². The highest BCUT2D eigenvalue weighted by atomic mass is 16.4. The number of hydrogen-bond acceptors (Lipinski definition) is 3. The molecule has 1 aromatic heterocycles. The van der Waals surface area contributed by atoms with Gasteiger partial charge >= 0.3 is 5.97 Å². The van der Waals surface area contributed by atoms with E-state index in [2.05, 4.69) is 5.10 Å². The number of carboxylic acid groups (broad SMARTS) is 1. The Kier molecular flexibility index (Phi) is 3.24. The Hall–Kier alpha value is -1.36. The second-order valence-corrected chi connectivity index (χ2v) is 4.36. The van der Waals surface area contributed by atoms with Crippen molar-refractivity contribution in [1.82, 2.24) is 9.78 Å². The molecule has 88 valence electrons. The number of aromatic nitrogens is 2. The maximum atomic E-state index is 10.5. The molecule has 0 bridgehead atoms. The second kappa shape index (κ2) is 4.65. The summed E-state index contributed by atoms with van der Waals surface area (Å²) in [5, 5.41) is 22.2. The zero-order chi connectivity index (χ0) is 11.5. The van der Waals surface area contributed by atoms with Crippen LogP contribution in [0.15, 0.2) is 12.4 Å². The normalized spacial score (nSPS) is 25.6. The zero-order valence-corrected chi connectivity index (χ0v) is 9.04. The van der Waals surface area contributed by atoms with Crippen LogP contribution in [0.25, 0.3) is 0 Å². The SMILES string of the molecule is O=C(O)Cc1cnn(C2CCC(O)CC2)c1. The lowest BCUT2D eigenvalue weighted by molar-refractivity contribution is -0.136. The van der Waals surface area contributed by atoms with E-state index < -0.39 is 5.97 Å². The van der Waals surface area contributed by atoms with Gasteiger partial charge in [0.05, 0.1) is 24.8 Å². The largest absolute Gasteiger partial charge is 0.481 e. The Morgan fingerprint density at radius 2 is 2.12 bits per heavy atom. The van der Waals surface area contributed by atoms with Crippen molar-refractivity contribution in [3.63, 3.8) is 0 Å². The number of carbonyl (C=O) groups is 1. The molecular weight excluding hydrogens is 208 g/mol. The molecule has 1 aromatic rings. The highest BCUT2D eigenvalue weighted by molar-refractivity contribution is 5.69. The van der Waals surface area contributed by atoms with Crippen molar-refractivity contribution in [2.24, 2.45) is 0 Å². The predicted molar refractivity (Wildman–Crippen MR) is 57.1 cm³/mol. The molecule has 1 heterocycles. The molecule has 2 N–H and O–H groups in total. The van der Waals surface area contributed by atoms with Crippen LogP contribution in [-0.2, 0) is 11.2 Å². The van der Waals surface area contributed by atoms with E-state index in [4.69, 9.17) is 5.11 Å². The monoisotopic (exact) mass is 224 g/mol. The fraction of sp³-hybridized carbons (Fsp3) is 0.636. The maximum absolute atomic E-state index is 10.5. The summed E-state index contributed by atoms with van der Waals surface area (Å²) in [6.45, 7) is 0. The summed E-state index contributed by atoms with van der Waals surface area (Å²) in [5.41, 5.74) is 0.735. The van der Waals surface area contributed by atoms with Crippen LogP contribution >= 0.6 is 0 Å². The quantitative estimate of drug-likeness (QED) is 0.802. The molecule has 5 nitrogen and oxygen atoms in total. The summed E-state index contributed by atoms with van der Waals surface area (Å²) >= 11 is 0. The van der Waals surface area contributed by atoms with Gasteiger partial charge in [0.1, 0.15) is 0 Å². The Morgan fingerprint density at radius 1 is 1.44 bits per heavy atom. The molecule has 0 aromatic carbocycles. The van der Waals surface area contributed by atoms with E-state index in [0.717, 1.165) is 31.2 Å². The maximum Gasteiger partial charge on any atom is 0.307 e. The highest BCUT2D eigenvalue weighted by Gasteiger charge is 2.21. The molecule has 2 rings (SSSR count). The number of aliphatic hydroxyl groups excluding tert-OH is 1. The third-order valence-electron chi connectivity index (χ3n) is 3.05. The van der Waals surface area contributed by atoms with Gasteiger partial charge in [0.2, 0.25) is 0 Å². The van der Waals surface area contributed by atoms with Gasteiger partial charge < -0.3 is 10.2 Å². The number of aliphatic hydroxyl groups is 1. The van der Waals surface area contributed by atoms with Crippen molar-refractivity contribution in [3.8, 4) is 0 Å². The average molecular weight is 224 g/mol. The fourth-order valence-corrected chi connectivity index (χ4v) is 2.17. The van der Waals surface area contributed by atoms with Crippen LogP contribution in [0.2, 0.25) is 0 Å². The molecule has 1 saturated carbocycles. The van der Waals surface area contributed by atoms with Gasteiger partial charge in [0.25, 0.3) is 0 Å². The van der Waals surface area contributed by atoms with E-state index in [-0.39, 0.29) is 12.5 Å². The predicted octanol–water partition coefficient (Wildman–Crippen LogP) is 0.986. The number of nitrogens with zero attached hydrogens (tertiary/aromatic N) is 2. The summed E-state index contributed by atoms with van der Waals surface area (Å²) in [6.07, 6.45) is 6.69. The summed E-state index contributed by atoms with van der Waals surface area (Å²) < 4.78 is 1.84. The lowest BCUT2D eigenvalue weighted by atomic mass is 9.93. The van der Waals surface area contributed by atoms with Gasteiger partial charge in [-0.25, -0.2) is 0 Å². The number of rotatable bonds is 3. The first-order valence-electron chi connectivity index (χ1n) is 5.58. The van der Waals surface area contributed by atoms with Gasteiger partial charge in [-0.1, -0.05) is 0 Å². The number of hydrogen-bond donors (Lipinski definition) is 2. The summed E-state index contributed by atoms with van der Waals surface area (Å²) in [5.74, 6) is -0.835. The molecule has 0 saturated heterocycles. The molecule has 0 radical (unpaired) electrons. The van der Waals surface area contributed by atoms with Gasteiger partial charge in [0.15, 0.2) is 0 Å². The van der Waals surface area contributed by atoms with Crippen molar-refractivity contribution in [3.05, 3.63) is 18.0 Å². The van der Waals surface area contributed by atoms with Crippen LogP contribution in [-0.4, -0.2) is 32.1 Å². The molecule has 1 fully saturated rings. The van der Waals surface area contributed by atoms with Crippen LogP contribution in [0.4, 0.5) is 0 Å². The third-order valence-corrected chi connectivity index (χ3v) is 3.05. The van der Waals surface area contributed by atoms with Crippen molar-refractivity contribution in [2.75, 3.05) is 0 Å². The molecule has 5 heteroatoms. The van der Waals surface area contributed by atoms with Crippen molar-refractivity contribution >= 4 is 5.97 Å². The van der Waals surface area contributed by atoms with E-state index in [1.165, 1.54) is 0 Å². The first-order valence-corrected chi connectivity index (χ1v) is 5.58. The smallest absolute Gasteiger partial charge is 0.307 e. The summed E-state index contributed by atoms with van der Waals surface area (Å²) in [4.78, 5) is 10.5. The molecular formula is C11H16N2O3. The minimum absolute atomic E-state index is 0.0232. The summed E-state index contributed by atoms with van der Waals surface area (Å²) in [7, 11) is 0. The molecule has 1 aliphatic rings. The van der Waals surface area contributed by atoms with Crippen LogP contribution in [0.3, 0.4) is 0 Å². The number of aliphatic carboxylic acids is 1. The topological polar surface area (TPSA) is 75.3 Å². The fourth-order valence-electron chi connectivity index (χ4n) is 2.17. The zero-order valence-electron chi connectivity index (χ0n) is 9.04. The lowest BCUT2D eigenvalue weighted by Crippen LogP contribution is -2.21. The van der Waals surface area contributed by atoms with Gasteiger partial charge in [-0.15, -0.1) is 0 Å². The Labute approximate surface area is 93.7 Å². The van der Waals surface area contributed by atoms with Gasteiger partial charge in [-0.2, -0.15) is 5.10 Å². The van der Waals surface area contributed by atoms with Gasteiger partial charge in [0, 0.05) is 11.8 Å². The van der Waals surface area contributed by atoms with E-state index in [9.17, 15) is 9.90 Å². The Bertz CT molecular complexity index is 367. The molecule has 0 amide bonds. The number of carboxylic acids is 1. The standard InChI is InChI=1S/C11H16N2O3/c14-10-3-1-9(2-4-10)13-7-8(6-12-13)5-11(15)16/h6-7,9-10,14H,1-5H2,(H,15,16). The second-order valence-electron chi connectivity index (χ2n) is 4.36. The Morgan fingerprint density at radius 3 is 2.75 bits per heavy atom. The van der Waals surface area contributed by atoms with Crippen molar-refractivity contribution in [1.29, 1.82) is 0 Å². The lowest BCUT2D eigenvalue weighted by Gasteiger charge is -2.25. The molecule has 0 spiro atoms. The van der Waals surface area contributed by atoms with Gasteiger partial charge in [-0.3, -0.25) is 9.48 Å². The first kappa shape index (κ1) is 11.1. The van der Waals surface area contributed by atoms with Crippen LogP contribution in [0.1, 0.15) is 37.3 Å². The minimum atomic E-state index is -0.835. The van der Waals surface area contributed by atoms with Crippen molar-refractivity contribution in [2.45, 2.75) is 44.2 Å². The molecule has 16 heavy (non-hydrogen) atoms. The van der Waals surface area contributed by atoms with Crippen LogP contribution in [0, 0.1) is 0 Å².